The van der Waals surface area contributed by atoms with E-state index in [4.69, 9.17) is 4.52 Å². The maximum Gasteiger partial charge on any atom is 0.237 e. The van der Waals surface area contributed by atoms with Crippen LogP contribution in [0.15, 0.2) is 58.2 Å². The Morgan fingerprint density at radius 3 is 2.25 bits per heavy atom. The van der Waals surface area contributed by atoms with Crippen LogP contribution in [-0.4, -0.2) is 24.9 Å². The average molecular weight is 392 g/mol. The zero-order chi connectivity index (χ0) is 19.5. The Morgan fingerprint density at radius 2 is 1.61 bits per heavy atom. The second kappa shape index (κ2) is 7.98. The van der Waals surface area contributed by atoms with Crippen LogP contribution in [0.25, 0.3) is 17.1 Å². The molecule has 0 radical (unpaired) electrons. The SMILES string of the molecule is CCc1noc(CSc2nnc(-c3ccc(C)cc3)n2-c2ccc(C)cc2)n1. The van der Waals surface area contributed by atoms with Crippen LogP contribution in [0.1, 0.15) is 29.8 Å². The highest BCUT2D eigenvalue weighted by Crippen LogP contribution is 2.29. The number of nitrogens with zero attached hydrogens (tertiary/aromatic N) is 5. The van der Waals surface area contributed by atoms with Crippen LogP contribution in [-0.2, 0) is 12.2 Å². The van der Waals surface area contributed by atoms with Crippen molar-refractivity contribution in [3.63, 3.8) is 0 Å². The van der Waals surface area contributed by atoms with E-state index in [1.807, 2.05) is 6.92 Å². The summed E-state index contributed by atoms with van der Waals surface area (Å²) in [5.74, 6) is 2.67. The summed E-state index contributed by atoms with van der Waals surface area (Å²) in [4.78, 5) is 4.38. The van der Waals surface area contributed by atoms with E-state index in [0.717, 1.165) is 34.5 Å². The van der Waals surface area contributed by atoms with Crippen LogP contribution < -0.4 is 0 Å². The molecule has 0 aliphatic heterocycles. The molecule has 4 aromatic rings. The lowest BCUT2D eigenvalue weighted by Gasteiger charge is -2.10. The first-order valence-corrected chi connectivity index (χ1v) is 10.2. The minimum Gasteiger partial charge on any atom is -0.338 e. The van der Waals surface area contributed by atoms with Gasteiger partial charge in [0.05, 0.1) is 5.75 Å². The number of aromatic nitrogens is 5. The molecule has 2 aromatic heterocycles. The summed E-state index contributed by atoms with van der Waals surface area (Å²) in [6, 6.07) is 16.7. The topological polar surface area (TPSA) is 69.6 Å². The molecule has 0 spiro atoms. The van der Waals surface area contributed by atoms with Crippen molar-refractivity contribution in [2.75, 3.05) is 0 Å². The molecule has 7 heteroatoms. The van der Waals surface area contributed by atoms with Gasteiger partial charge in [0.1, 0.15) is 0 Å². The normalized spacial score (nSPS) is 11.1. The molecule has 0 fully saturated rings. The summed E-state index contributed by atoms with van der Waals surface area (Å²) in [5.41, 5.74) is 4.47. The molecule has 0 aliphatic carbocycles. The lowest BCUT2D eigenvalue weighted by atomic mass is 10.1. The molecule has 0 N–H and O–H groups in total. The maximum atomic E-state index is 5.30. The fourth-order valence-electron chi connectivity index (χ4n) is 2.80. The molecule has 0 atom stereocenters. The van der Waals surface area contributed by atoms with Crippen molar-refractivity contribution in [1.82, 2.24) is 24.9 Å². The summed E-state index contributed by atoms with van der Waals surface area (Å²) in [5, 5.41) is 13.7. The van der Waals surface area contributed by atoms with Crippen LogP contribution in [0.4, 0.5) is 0 Å². The highest BCUT2D eigenvalue weighted by atomic mass is 32.2. The van der Waals surface area contributed by atoms with Gasteiger partial charge in [-0.1, -0.05) is 71.4 Å². The lowest BCUT2D eigenvalue weighted by molar-refractivity contribution is 0.385. The van der Waals surface area contributed by atoms with Gasteiger partial charge in [0.15, 0.2) is 16.8 Å². The van der Waals surface area contributed by atoms with Gasteiger partial charge >= 0.3 is 0 Å². The van der Waals surface area contributed by atoms with Crippen molar-refractivity contribution >= 4 is 11.8 Å². The first-order chi connectivity index (χ1) is 13.6. The number of hydrogen-bond acceptors (Lipinski definition) is 6. The summed E-state index contributed by atoms with van der Waals surface area (Å²) in [7, 11) is 0. The molecular formula is C21H21N5OS. The fourth-order valence-corrected chi connectivity index (χ4v) is 3.59. The quantitative estimate of drug-likeness (QED) is 0.440. The second-order valence-electron chi connectivity index (χ2n) is 6.59. The standard InChI is InChI=1S/C21H21N5OS/c1-4-18-22-19(27-25-18)13-28-21-24-23-20(16-9-5-14(2)6-10-16)26(21)17-11-7-15(3)8-12-17/h5-12H,4,13H2,1-3H3. The third kappa shape index (κ3) is 3.84. The van der Waals surface area contributed by atoms with Crippen molar-refractivity contribution in [3.8, 4) is 17.1 Å². The van der Waals surface area contributed by atoms with Gasteiger partial charge in [-0.15, -0.1) is 10.2 Å². The minimum absolute atomic E-state index is 0.547. The Labute approximate surface area is 168 Å². The maximum absolute atomic E-state index is 5.30. The minimum atomic E-state index is 0.547. The molecule has 28 heavy (non-hydrogen) atoms. The van der Waals surface area contributed by atoms with Crippen LogP contribution in [0.2, 0.25) is 0 Å². The van der Waals surface area contributed by atoms with E-state index in [0.29, 0.717) is 11.6 Å². The Morgan fingerprint density at radius 1 is 0.929 bits per heavy atom. The molecule has 6 nitrogen and oxygen atoms in total. The number of hydrogen-bond donors (Lipinski definition) is 0. The largest absolute Gasteiger partial charge is 0.338 e. The average Bonchev–Trinajstić information content (AvgIpc) is 3.34. The third-order valence-electron chi connectivity index (χ3n) is 4.39. The van der Waals surface area contributed by atoms with Crippen LogP contribution in [0.3, 0.4) is 0 Å². The van der Waals surface area contributed by atoms with E-state index in [9.17, 15) is 0 Å². The summed E-state index contributed by atoms with van der Waals surface area (Å²) in [6.07, 6.45) is 0.755. The van der Waals surface area contributed by atoms with Crippen molar-refractivity contribution in [2.45, 2.75) is 38.1 Å². The van der Waals surface area contributed by atoms with Crippen LogP contribution >= 0.6 is 11.8 Å². The summed E-state index contributed by atoms with van der Waals surface area (Å²) < 4.78 is 7.38. The van der Waals surface area contributed by atoms with E-state index in [1.54, 1.807) is 0 Å². The molecule has 2 heterocycles. The van der Waals surface area contributed by atoms with Crippen molar-refractivity contribution < 1.29 is 4.52 Å². The Kier molecular flexibility index (Phi) is 5.25. The summed E-state index contributed by atoms with van der Waals surface area (Å²) in [6.45, 7) is 6.15. The Balaban J connectivity index is 1.71. The molecule has 2 aromatic carbocycles. The third-order valence-corrected chi connectivity index (χ3v) is 5.30. The van der Waals surface area contributed by atoms with E-state index in [2.05, 4.69) is 87.3 Å². The molecule has 0 saturated heterocycles. The van der Waals surface area contributed by atoms with Gasteiger partial charge in [0.25, 0.3) is 0 Å². The molecule has 0 amide bonds. The first kappa shape index (κ1) is 18.4. The number of aryl methyl sites for hydroxylation is 3. The highest BCUT2D eigenvalue weighted by molar-refractivity contribution is 7.98. The lowest BCUT2D eigenvalue weighted by Crippen LogP contribution is -2.00. The monoisotopic (exact) mass is 391 g/mol. The zero-order valence-corrected chi connectivity index (χ0v) is 16.9. The second-order valence-corrected chi connectivity index (χ2v) is 7.53. The van der Waals surface area contributed by atoms with Gasteiger partial charge in [-0.05, 0) is 26.0 Å². The predicted octanol–water partition coefficient (Wildman–Crippen LogP) is 4.79. The molecular weight excluding hydrogens is 370 g/mol. The van der Waals surface area contributed by atoms with E-state index >= 15 is 0 Å². The van der Waals surface area contributed by atoms with Crippen LogP contribution in [0.5, 0.6) is 0 Å². The summed E-state index contributed by atoms with van der Waals surface area (Å²) >= 11 is 1.53. The van der Waals surface area contributed by atoms with Crippen molar-refractivity contribution in [1.29, 1.82) is 0 Å². The molecule has 4 rings (SSSR count). The van der Waals surface area contributed by atoms with Gasteiger partial charge in [-0.25, -0.2) is 0 Å². The van der Waals surface area contributed by atoms with Gasteiger partial charge in [0, 0.05) is 17.7 Å². The van der Waals surface area contributed by atoms with Gasteiger partial charge in [-0.2, -0.15) is 4.98 Å². The molecule has 142 valence electrons. The number of rotatable bonds is 6. The number of thioether (sulfide) groups is 1. The Bertz CT molecular complexity index is 1070. The fraction of sp³-hybridized carbons (Fsp3) is 0.238. The van der Waals surface area contributed by atoms with Crippen molar-refractivity contribution in [3.05, 3.63) is 71.4 Å². The van der Waals surface area contributed by atoms with Crippen molar-refractivity contribution in [2.24, 2.45) is 0 Å². The van der Waals surface area contributed by atoms with Gasteiger partial charge < -0.3 is 4.52 Å². The zero-order valence-electron chi connectivity index (χ0n) is 16.1. The Hall–Kier alpha value is -2.93. The smallest absolute Gasteiger partial charge is 0.237 e. The molecule has 0 bridgehead atoms. The van der Waals surface area contributed by atoms with E-state index < -0.39 is 0 Å². The van der Waals surface area contributed by atoms with Crippen LogP contribution in [0, 0.1) is 13.8 Å². The molecule has 0 unspecified atom stereocenters. The molecule has 0 saturated carbocycles. The van der Waals surface area contributed by atoms with E-state index in [1.165, 1.54) is 22.9 Å². The van der Waals surface area contributed by atoms with Gasteiger partial charge in [-0.3, -0.25) is 4.57 Å². The van der Waals surface area contributed by atoms with E-state index in [-0.39, 0.29) is 0 Å². The highest BCUT2D eigenvalue weighted by Gasteiger charge is 2.17. The number of benzene rings is 2. The predicted molar refractivity (Wildman–Crippen MR) is 110 cm³/mol. The first-order valence-electron chi connectivity index (χ1n) is 9.18. The molecule has 0 aliphatic rings. The van der Waals surface area contributed by atoms with Gasteiger partial charge in [0.2, 0.25) is 5.89 Å².